The lowest BCUT2D eigenvalue weighted by Crippen LogP contribution is -2.11. The monoisotopic (exact) mass is 324 g/mol. The Kier molecular flexibility index (Phi) is 4.65. The van der Waals surface area contributed by atoms with E-state index >= 15 is 0 Å². The van der Waals surface area contributed by atoms with Crippen molar-refractivity contribution in [2.24, 2.45) is 0 Å². The van der Waals surface area contributed by atoms with Crippen LogP contribution in [-0.4, -0.2) is 19.5 Å². The van der Waals surface area contributed by atoms with E-state index in [-0.39, 0.29) is 22.6 Å². The summed E-state index contributed by atoms with van der Waals surface area (Å²) in [6, 6.07) is 12.8. The van der Waals surface area contributed by atoms with Gasteiger partial charge in [-0.1, -0.05) is 48.0 Å². The van der Waals surface area contributed by atoms with Crippen LogP contribution in [0, 0.1) is 0 Å². The predicted molar refractivity (Wildman–Crippen MR) is 81.2 cm³/mol. The molecule has 0 aliphatic heterocycles. The number of carbonyl (C=O) groups is 1. The Balaban J connectivity index is 2.27. The molecule has 0 unspecified atom stereocenters. The van der Waals surface area contributed by atoms with Gasteiger partial charge in [0.1, 0.15) is 0 Å². The van der Waals surface area contributed by atoms with Crippen molar-refractivity contribution in [3.63, 3.8) is 0 Å². The topological polar surface area (TPSA) is 71.4 Å². The van der Waals surface area contributed by atoms with Crippen molar-refractivity contribution in [1.82, 2.24) is 0 Å². The molecule has 2 aromatic rings. The van der Waals surface area contributed by atoms with E-state index in [0.29, 0.717) is 10.6 Å². The molecule has 0 aliphatic rings. The highest BCUT2D eigenvalue weighted by Gasteiger charge is 2.18. The van der Waals surface area contributed by atoms with E-state index in [9.17, 15) is 13.2 Å². The zero-order valence-corrected chi connectivity index (χ0v) is 12.6. The average Bonchev–Trinajstić information content (AvgIpc) is 2.41. The molecule has 1 N–H and O–H groups in total. The molecule has 0 aliphatic carbocycles. The Bertz CT molecular complexity index is 769. The van der Waals surface area contributed by atoms with Crippen LogP contribution in [0.5, 0.6) is 0 Å². The van der Waals surface area contributed by atoms with Crippen molar-refractivity contribution in [3.05, 3.63) is 70.2 Å². The summed E-state index contributed by atoms with van der Waals surface area (Å²) in [5, 5.41) is 9.46. The van der Waals surface area contributed by atoms with Crippen LogP contribution < -0.4 is 0 Å². The molecule has 21 heavy (non-hydrogen) atoms. The fraction of sp³-hybridized carbons (Fsp3) is 0.133. The predicted octanol–water partition coefficient (Wildman–Crippen LogP) is 3.15. The summed E-state index contributed by atoms with van der Waals surface area (Å²) >= 11 is 5.96. The number of hydrogen-bond acceptors (Lipinski definition) is 3. The first-order valence-corrected chi connectivity index (χ1v) is 8.34. The molecule has 0 aromatic heterocycles. The van der Waals surface area contributed by atoms with E-state index < -0.39 is 15.8 Å². The number of carboxylic acid groups (broad SMARTS) is 1. The Morgan fingerprint density at radius 3 is 2.10 bits per heavy atom. The summed E-state index contributed by atoms with van der Waals surface area (Å²) in [4.78, 5) is 11.1. The second-order valence-electron chi connectivity index (χ2n) is 4.59. The van der Waals surface area contributed by atoms with Gasteiger partial charge in [0.15, 0.2) is 9.84 Å². The van der Waals surface area contributed by atoms with Crippen LogP contribution in [0.2, 0.25) is 5.02 Å². The Morgan fingerprint density at radius 2 is 1.48 bits per heavy atom. The summed E-state index contributed by atoms with van der Waals surface area (Å²) in [6.07, 6.45) is 0. The normalized spacial score (nSPS) is 11.3. The second kappa shape index (κ2) is 6.28. The van der Waals surface area contributed by atoms with E-state index in [1.807, 2.05) is 0 Å². The summed E-state index contributed by atoms with van der Waals surface area (Å²) in [5.41, 5.74) is 0.782. The molecule has 0 heterocycles. The third-order valence-corrected chi connectivity index (χ3v) is 4.83. The van der Waals surface area contributed by atoms with Crippen LogP contribution in [-0.2, 0) is 21.3 Å². The molecule has 2 rings (SSSR count). The van der Waals surface area contributed by atoms with Crippen molar-refractivity contribution in [2.75, 3.05) is 0 Å². The number of aromatic carboxylic acids is 1. The lowest BCUT2D eigenvalue weighted by Gasteiger charge is -2.08. The lowest BCUT2D eigenvalue weighted by atomic mass is 10.1. The Labute approximate surface area is 127 Å². The van der Waals surface area contributed by atoms with E-state index in [4.69, 9.17) is 16.7 Å². The van der Waals surface area contributed by atoms with E-state index in [1.54, 1.807) is 36.4 Å². The van der Waals surface area contributed by atoms with Crippen molar-refractivity contribution in [1.29, 1.82) is 0 Å². The molecule has 0 saturated carbocycles. The van der Waals surface area contributed by atoms with Crippen molar-refractivity contribution >= 4 is 27.4 Å². The van der Waals surface area contributed by atoms with Gasteiger partial charge in [-0.25, -0.2) is 13.2 Å². The SMILES string of the molecule is O=C(O)c1ccccc1CS(=O)(=O)Cc1ccccc1Cl. The lowest BCUT2D eigenvalue weighted by molar-refractivity contribution is 0.0696. The first kappa shape index (κ1) is 15.5. The molecular weight excluding hydrogens is 312 g/mol. The molecule has 110 valence electrons. The first-order chi connectivity index (χ1) is 9.89. The quantitative estimate of drug-likeness (QED) is 0.917. The van der Waals surface area contributed by atoms with E-state index in [0.717, 1.165) is 0 Å². The van der Waals surface area contributed by atoms with Crippen LogP contribution in [0.4, 0.5) is 0 Å². The minimum Gasteiger partial charge on any atom is -0.478 e. The Morgan fingerprint density at radius 1 is 0.952 bits per heavy atom. The largest absolute Gasteiger partial charge is 0.478 e. The zero-order valence-electron chi connectivity index (χ0n) is 11.0. The van der Waals surface area contributed by atoms with E-state index in [2.05, 4.69) is 0 Å². The third-order valence-electron chi connectivity index (χ3n) is 2.96. The first-order valence-electron chi connectivity index (χ1n) is 6.14. The number of hydrogen-bond donors (Lipinski definition) is 1. The van der Waals surface area contributed by atoms with Gasteiger partial charge in [0.05, 0.1) is 17.1 Å². The molecule has 0 radical (unpaired) electrons. The van der Waals surface area contributed by atoms with Gasteiger partial charge in [0, 0.05) is 5.02 Å². The van der Waals surface area contributed by atoms with Gasteiger partial charge in [0.25, 0.3) is 0 Å². The number of sulfone groups is 1. The maximum atomic E-state index is 12.2. The van der Waals surface area contributed by atoms with Gasteiger partial charge in [-0.2, -0.15) is 0 Å². The minimum absolute atomic E-state index is 0.000216. The maximum Gasteiger partial charge on any atom is 0.335 e. The Hall–Kier alpha value is -1.85. The minimum atomic E-state index is -3.51. The van der Waals surface area contributed by atoms with Crippen LogP contribution >= 0.6 is 11.6 Å². The summed E-state index contributed by atoms with van der Waals surface area (Å²) in [7, 11) is -3.51. The molecule has 2 aromatic carbocycles. The number of benzene rings is 2. The van der Waals surface area contributed by atoms with Crippen LogP contribution in [0.1, 0.15) is 21.5 Å². The molecule has 6 heteroatoms. The molecule has 0 bridgehead atoms. The van der Waals surface area contributed by atoms with Gasteiger partial charge in [-0.05, 0) is 23.3 Å². The van der Waals surface area contributed by atoms with Gasteiger partial charge >= 0.3 is 5.97 Å². The summed E-state index contributed by atoms with van der Waals surface area (Å²) in [6.45, 7) is 0. The van der Waals surface area contributed by atoms with Crippen molar-refractivity contribution in [3.8, 4) is 0 Å². The highest BCUT2D eigenvalue weighted by Crippen LogP contribution is 2.21. The highest BCUT2D eigenvalue weighted by molar-refractivity contribution is 7.89. The molecular formula is C15H13ClO4S. The molecule has 0 amide bonds. The fourth-order valence-corrected chi connectivity index (χ4v) is 3.83. The summed E-state index contributed by atoms with van der Waals surface area (Å²) < 4.78 is 24.5. The fourth-order valence-electron chi connectivity index (χ4n) is 2.00. The van der Waals surface area contributed by atoms with Gasteiger partial charge in [0.2, 0.25) is 0 Å². The van der Waals surface area contributed by atoms with Gasteiger partial charge in [-0.3, -0.25) is 0 Å². The number of halogens is 1. The molecule has 0 atom stereocenters. The summed E-state index contributed by atoms with van der Waals surface area (Å²) in [5.74, 6) is -1.69. The smallest absolute Gasteiger partial charge is 0.335 e. The van der Waals surface area contributed by atoms with Gasteiger partial charge in [-0.15, -0.1) is 0 Å². The average molecular weight is 325 g/mol. The molecule has 0 spiro atoms. The number of carboxylic acids is 1. The molecule has 0 saturated heterocycles. The standard InChI is InChI=1S/C15H13ClO4S/c16-14-8-4-2-6-12(14)10-21(19,20)9-11-5-1-3-7-13(11)15(17)18/h1-8H,9-10H2,(H,17,18). The number of rotatable bonds is 5. The maximum absolute atomic E-state index is 12.2. The highest BCUT2D eigenvalue weighted by atomic mass is 35.5. The molecule has 4 nitrogen and oxygen atoms in total. The van der Waals surface area contributed by atoms with Crippen molar-refractivity contribution < 1.29 is 18.3 Å². The van der Waals surface area contributed by atoms with Crippen LogP contribution in [0.25, 0.3) is 0 Å². The third kappa shape index (κ3) is 4.06. The van der Waals surface area contributed by atoms with Crippen LogP contribution in [0.3, 0.4) is 0 Å². The van der Waals surface area contributed by atoms with Gasteiger partial charge < -0.3 is 5.11 Å². The second-order valence-corrected chi connectivity index (χ2v) is 7.06. The zero-order chi connectivity index (χ0) is 15.5. The van der Waals surface area contributed by atoms with Crippen LogP contribution in [0.15, 0.2) is 48.5 Å². The van der Waals surface area contributed by atoms with Crippen molar-refractivity contribution in [2.45, 2.75) is 11.5 Å². The van der Waals surface area contributed by atoms with E-state index in [1.165, 1.54) is 12.1 Å². The molecule has 0 fully saturated rings.